The molecule has 0 atom stereocenters. The molecule has 0 fully saturated rings. The van der Waals surface area contributed by atoms with Crippen molar-refractivity contribution in [2.45, 2.75) is 13.8 Å². The summed E-state index contributed by atoms with van der Waals surface area (Å²) in [7, 11) is 0. The molecule has 0 spiro atoms. The maximum atomic E-state index is 11.8. The van der Waals surface area contributed by atoms with Gasteiger partial charge in [-0.05, 0) is 6.92 Å². The van der Waals surface area contributed by atoms with Gasteiger partial charge in [-0.2, -0.15) is 5.10 Å². The number of aromatic nitrogens is 3. The molecule has 0 saturated carbocycles. The second-order valence-electron chi connectivity index (χ2n) is 3.60. The van der Waals surface area contributed by atoms with Gasteiger partial charge in [0.1, 0.15) is 11.5 Å². The fourth-order valence-electron chi connectivity index (χ4n) is 1.24. The zero-order chi connectivity index (χ0) is 13.1. The molecule has 2 aromatic heterocycles. The lowest BCUT2D eigenvalue weighted by molar-refractivity contribution is -0.114. The molecule has 2 rings (SSSR count). The highest BCUT2D eigenvalue weighted by atomic mass is 32.1. The van der Waals surface area contributed by atoms with Gasteiger partial charge in [-0.25, -0.2) is 4.98 Å². The molecule has 0 aliphatic rings. The van der Waals surface area contributed by atoms with Crippen LogP contribution in [0.25, 0.3) is 0 Å². The van der Waals surface area contributed by atoms with Gasteiger partial charge in [0.05, 0.1) is 6.20 Å². The number of thiazole rings is 1. The molecule has 0 unspecified atom stereocenters. The summed E-state index contributed by atoms with van der Waals surface area (Å²) in [5.74, 6) is -0.0370. The van der Waals surface area contributed by atoms with Crippen LogP contribution >= 0.6 is 11.3 Å². The van der Waals surface area contributed by atoms with Crippen LogP contribution in [0.1, 0.15) is 23.0 Å². The lowest BCUT2D eigenvalue weighted by Crippen LogP contribution is -2.14. The fourth-order valence-corrected chi connectivity index (χ4v) is 1.97. The number of rotatable bonds is 3. The monoisotopic (exact) mass is 265 g/mol. The molecule has 0 saturated heterocycles. The summed E-state index contributed by atoms with van der Waals surface area (Å²) < 4.78 is 0. The molecular formula is C10H11N5O2S. The van der Waals surface area contributed by atoms with Crippen LogP contribution in [0.4, 0.5) is 10.9 Å². The zero-order valence-corrected chi connectivity index (χ0v) is 10.6. The van der Waals surface area contributed by atoms with Crippen molar-refractivity contribution in [3.63, 3.8) is 0 Å². The molecule has 8 heteroatoms. The van der Waals surface area contributed by atoms with Crippen molar-refractivity contribution >= 4 is 34.1 Å². The standard InChI is InChI=1S/C10H11N5O2S/c1-5-3-11-15-8(5)14-9(17)7-4-18-10(13-7)12-6(2)16/h3-4H,1-2H3,(H,12,13,16)(H2,11,14,15,17). The summed E-state index contributed by atoms with van der Waals surface area (Å²) in [6.07, 6.45) is 1.61. The van der Waals surface area contributed by atoms with Crippen LogP contribution in [0.2, 0.25) is 0 Å². The molecule has 0 radical (unpaired) electrons. The molecule has 2 amide bonds. The molecule has 0 bridgehead atoms. The van der Waals surface area contributed by atoms with Crippen molar-refractivity contribution in [3.8, 4) is 0 Å². The van der Waals surface area contributed by atoms with Gasteiger partial charge in [-0.3, -0.25) is 14.7 Å². The first-order valence-electron chi connectivity index (χ1n) is 5.10. The van der Waals surface area contributed by atoms with Gasteiger partial charge in [0, 0.05) is 17.9 Å². The van der Waals surface area contributed by atoms with Crippen molar-refractivity contribution in [2.75, 3.05) is 10.6 Å². The Morgan fingerprint density at radius 3 is 2.78 bits per heavy atom. The van der Waals surface area contributed by atoms with Crippen LogP contribution < -0.4 is 10.6 Å². The first-order chi connectivity index (χ1) is 8.56. The van der Waals surface area contributed by atoms with E-state index in [1.165, 1.54) is 18.3 Å². The molecule has 2 aromatic rings. The Hall–Kier alpha value is -2.22. The normalized spacial score (nSPS) is 10.1. The maximum absolute atomic E-state index is 11.8. The minimum atomic E-state index is -0.352. The first kappa shape index (κ1) is 12.2. The van der Waals surface area contributed by atoms with Gasteiger partial charge in [0.25, 0.3) is 5.91 Å². The predicted molar refractivity (Wildman–Crippen MR) is 67.7 cm³/mol. The molecule has 7 nitrogen and oxygen atoms in total. The SMILES string of the molecule is CC(=O)Nc1nc(C(=O)Nc2[nH]ncc2C)cs1. The highest BCUT2D eigenvalue weighted by Gasteiger charge is 2.13. The van der Waals surface area contributed by atoms with Crippen LogP contribution in [0.5, 0.6) is 0 Å². The van der Waals surface area contributed by atoms with Crippen LogP contribution in [-0.4, -0.2) is 27.0 Å². The summed E-state index contributed by atoms with van der Waals surface area (Å²) in [6.45, 7) is 3.21. The predicted octanol–water partition coefficient (Wildman–Crippen LogP) is 1.39. The minimum absolute atomic E-state index is 0.222. The largest absolute Gasteiger partial charge is 0.305 e. The van der Waals surface area contributed by atoms with Crippen molar-refractivity contribution < 1.29 is 9.59 Å². The van der Waals surface area contributed by atoms with Crippen molar-refractivity contribution in [1.82, 2.24) is 15.2 Å². The van der Waals surface area contributed by atoms with Crippen LogP contribution in [0.15, 0.2) is 11.6 Å². The summed E-state index contributed by atoms with van der Waals surface area (Å²) in [5, 5.41) is 13.6. The van der Waals surface area contributed by atoms with Crippen molar-refractivity contribution in [2.24, 2.45) is 0 Å². The van der Waals surface area contributed by atoms with E-state index in [0.717, 1.165) is 5.56 Å². The van der Waals surface area contributed by atoms with Crippen LogP contribution in [0.3, 0.4) is 0 Å². The molecule has 0 aliphatic heterocycles. The van der Waals surface area contributed by atoms with E-state index in [9.17, 15) is 9.59 Å². The molecule has 0 aromatic carbocycles. The van der Waals surface area contributed by atoms with E-state index in [1.54, 1.807) is 11.6 Å². The number of carbonyl (C=O) groups excluding carboxylic acids is 2. The van der Waals surface area contributed by atoms with E-state index in [0.29, 0.717) is 10.9 Å². The van der Waals surface area contributed by atoms with E-state index in [4.69, 9.17) is 0 Å². The Morgan fingerprint density at radius 1 is 1.39 bits per heavy atom. The van der Waals surface area contributed by atoms with Gasteiger partial charge in [-0.15, -0.1) is 11.3 Å². The zero-order valence-electron chi connectivity index (χ0n) is 9.77. The van der Waals surface area contributed by atoms with Gasteiger partial charge in [0.2, 0.25) is 5.91 Å². The molecule has 3 N–H and O–H groups in total. The Morgan fingerprint density at radius 2 is 2.17 bits per heavy atom. The number of aromatic amines is 1. The number of nitrogens with zero attached hydrogens (tertiary/aromatic N) is 2. The number of hydrogen-bond acceptors (Lipinski definition) is 5. The Kier molecular flexibility index (Phi) is 3.38. The third kappa shape index (κ3) is 2.72. The fraction of sp³-hybridized carbons (Fsp3) is 0.200. The lowest BCUT2D eigenvalue weighted by Gasteiger charge is -2.00. The summed E-state index contributed by atoms with van der Waals surface area (Å²) in [6, 6.07) is 0. The van der Waals surface area contributed by atoms with E-state index in [-0.39, 0.29) is 17.5 Å². The Bertz CT molecular complexity index is 589. The summed E-state index contributed by atoms with van der Waals surface area (Å²) in [4.78, 5) is 26.7. The van der Waals surface area contributed by atoms with Gasteiger partial charge in [0.15, 0.2) is 5.13 Å². The van der Waals surface area contributed by atoms with Gasteiger partial charge < -0.3 is 10.6 Å². The smallest absolute Gasteiger partial charge is 0.276 e. The number of nitrogens with one attached hydrogen (secondary N) is 3. The number of amides is 2. The topological polar surface area (TPSA) is 99.8 Å². The van der Waals surface area contributed by atoms with E-state index in [1.807, 2.05) is 6.92 Å². The molecular weight excluding hydrogens is 254 g/mol. The maximum Gasteiger partial charge on any atom is 0.276 e. The second-order valence-corrected chi connectivity index (χ2v) is 4.46. The third-order valence-corrected chi connectivity index (χ3v) is 2.84. The average molecular weight is 265 g/mol. The number of anilines is 2. The number of hydrogen-bond donors (Lipinski definition) is 3. The summed E-state index contributed by atoms with van der Waals surface area (Å²) in [5.41, 5.74) is 1.08. The Balaban J connectivity index is 2.07. The number of aryl methyl sites for hydroxylation is 1. The highest BCUT2D eigenvalue weighted by Crippen LogP contribution is 2.17. The summed E-state index contributed by atoms with van der Waals surface area (Å²) >= 11 is 1.19. The average Bonchev–Trinajstić information content (AvgIpc) is 2.88. The van der Waals surface area contributed by atoms with E-state index >= 15 is 0 Å². The first-order valence-corrected chi connectivity index (χ1v) is 5.98. The molecule has 18 heavy (non-hydrogen) atoms. The number of carbonyl (C=O) groups is 2. The molecule has 2 heterocycles. The van der Waals surface area contributed by atoms with Crippen LogP contribution in [0, 0.1) is 6.92 Å². The minimum Gasteiger partial charge on any atom is -0.305 e. The Labute approximate surface area is 107 Å². The number of H-pyrrole nitrogens is 1. The van der Waals surface area contributed by atoms with Crippen molar-refractivity contribution in [1.29, 1.82) is 0 Å². The lowest BCUT2D eigenvalue weighted by atomic mass is 10.3. The van der Waals surface area contributed by atoms with E-state index in [2.05, 4.69) is 25.8 Å². The van der Waals surface area contributed by atoms with Crippen molar-refractivity contribution in [3.05, 3.63) is 22.8 Å². The van der Waals surface area contributed by atoms with Gasteiger partial charge >= 0.3 is 0 Å². The van der Waals surface area contributed by atoms with Crippen LogP contribution in [-0.2, 0) is 4.79 Å². The third-order valence-electron chi connectivity index (χ3n) is 2.09. The second kappa shape index (κ2) is 4.96. The molecule has 0 aliphatic carbocycles. The molecule has 94 valence electrons. The van der Waals surface area contributed by atoms with E-state index < -0.39 is 0 Å². The van der Waals surface area contributed by atoms with Gasteiger partial charge in [-0.1, -0.05) is 0 Å². The highest BCUT2D eigenvalue weighted by molar-refractivity contribution is 7.14. The quantitative estimate of drug-likeness (QED) is 0.780.